The molecule has 0 aromatic carbocycles. The van der Waals surface area contributed by atoms with Crippen LogP contribution in [0.25, 0.3) is 0 Å². The first-order chi connectivity index (χ1) is 7.18. The van der Waals surface area contributed by atoms with Crippen LogP contribution in [0, 0.1) is 5.41 Å². The molecular formula is C12H22N2O. The molecule has 1 unspecified atom stereocenters. The zero-order chi connectivity index (χ0) is 10.7. The molecule has 0 spiro atoms. The fourth-order valence-electron chi connectivity index (χ4n) is 2.10. The summed E-state index contributed by atoms with van der Waals surface area (Å²) in [7, 11) is 0. The summed E-state index contributed by atoms with van der Waals surface area (Å²) in [6, 6.07) is 0.590. The fraction of sp³-hybridized carbons (Fsp3) is 0.917. The molecule has 1 heterocycles. The molecule has 0 aromatic rings. The average Bonchev–Trinajstić information content (AvgIpc) is 2.77. The summed E-state index contributed by atoms with van der Waals surface area (Å²) in [5.74, 6) is 0.233. The molecule has 1 aliphatic carbocycles. The van der Waals surface area contributed by atoms with E-state index in [0.29, 0.717) is 17.9 Å². The first kappa shape index (κ1) is 10.9. The zero-order valence-corrected chi connectivity index (χ0v) is 9.64. The minimum absolute atomic E-state index is 0.233. The van der Waals surface area contributed by atoms with E-state index < -0.39 is 0 Å². The Kier molecular flexibility index (Phi) is 3.29. The largest absolute Gasteiger partial charge is 0.356 e. The molecule has 3 heteroatoms. The van der Waals surface area contributed by atoms with E-state index in [1.165, 1.54) is 25.7 Å². The summed E-state index contributed by atoms with van der Waals surface area (Å²) in [6.45, 7) is 4.25. The molecule has 0 aromatic heterocycles. The van der Waals surface area contributed by atoms with E-state index in [9.17, 15) is 4.79 Å². The van der Waals surface area contributed by atoms with Crippen LogP contribution in [0.1, 0.15) is 45.4 Å². The standard InChI is InChI=1S/C12H22N2O/c1-12(6-7-12)9-14-11(15)5-4-10-3-2-8-13-10/h10,13H,2-9H2,1H3,(H,14,15). The summed E-state index contributed by atoms with van der Waals surface area (Å²) in [5.41, 5.74) is 0.432. The highest BCUT2D eigenvalue weighted by molar-refractivity contribution is 5.75. The molecule has 0 radical (unpaired) electrons. The Labute approximate surface area is 92.0 Å². The number of hydrogen-bond acceptors (Lipinski definition) is 2. The third-order valence-corrected chi connectivity index (χ3v) is 3.70. The van der Waals surface area contributed by atoms with Crippen molar-refractivity contribution in [3.63, 3.8) is 0 Å². The van der Waals surface area contributed by atoms with Crippen LogP contribution in [-0.4, -0.2) is 25.0 Å². The molecule has 1 atom stereocenters. The van der Waals surface area contributed by atoms with Gasteiger partial charge in [-0.05, 0) is 44.1 Å². The molecule has 2 N–H and O–H groups in total. The van der Waals surface area contributed by atoms with Gasteiger partial charge in [0, 0.05) is 19.0 Å². The van der Waals surface area contributed by atoms with Gasteiger partial charge in [0.15, 0.2) is 0 Å². The summed E-state index contributed by atoms with van der Waals surface area (Å²) in [4.78, 5) is 11.5. The molecular weight excluding hydrogens is 188 g/mol. The highest BCUT2D eigenvalue weighted by atomic mass is 16.1. The Balaban J connectivity index is 1.55. The second-order valence-corrected chi connectivity index (χ2v) is 5.42. The fourth-order valence-corrected chi connectivity index (χ4v) is 2.10. The van der Waals surface area contributed by atoms with Crippen LogP contribution in [-0.2, 0) is 4.79 Å². The lowest BCUT2D eigenvalue weighted by Gasteiger charge is -2.12. The van der Waals surface area contributed by atoms with E-state index in [-0.39, 0.29) is 5.91 Å². The number of hydrogen-bond donors (Lipinski definition) is 2. The van der Waals surface area contributed by atoms with Gasteiger partial charge in [0.1, 0.15) is 0 Å². The number of nitrogens with one attached hydrogen (secondary N) is 2. The van der Waals surface area contributed by atoms with E-state index >= 15 is 0 Å². The van der Waals surface area contributed by atoms with E-state index in [1.54, 1.807) is 0 Å². The van der Waals surface area contributed by atoms with Gasteiger partial charge < -0.3 is 10.6 Å². The lowest BCUT2D eigenvalue weighted by Crippen LogP contribution is -2.30. The van der Waals surface area contributed by atoms with Crippen molar-refractivity contribution in [3.05, 3.63) is 0 Å². The average molecular weight is 210 g/mol. The Morgan fingerprint density at radius 2 is 2.33 bits per heavy atom. The first-order valence-electron chi connectivity index (χ1n) is 6.18. The molecule has 1 saturated carbocycles. The number of amides is 1. The van der Waals surface area contributed by atoms with Gasteiger partial charge in [-0.15, -0.1) is 0 Å². The maximum atomic E-state index is 11.5. The molecule has 1 amide bonds. The molecule has 2 rings (SSSR count). The third kappa shape index (κ3) is 3.49. The van der Waals surface area contributed by atoms with Crippen molar-refractivity contribution in [1.29, 1.82) is 0 Å². The molecule has 1 aliphatic heterocycles. The van der Waals surface area contributed by atoms with Crippen molar-refractivity contribution in [2.75, 3.05) is 13.1 Å². The number of carbonyl (C=O) groups excluding carboxylic acids is 1. The monoisotopic (exact) mass is 210 g/mol. The van der Waals surface area contributed by atoms with Crippen molar-refractivity contribution < 1.29 is 4.79 Å². The summed E-state index contributed by atoms with van der Waals surface area (Å²) in [5, 5.41) is 6.46. The van der Waals surface area contributed by atoms with Crippen LogP contribution in [0.4, 0.5) is 0 Å². The van der Waals surface area contributed by atoms with Crippen molar-refractivity contribution in [3.8, 4) is 0 Å². The van der Waals surface area contributed by atoms with Crippen LogP contribution in [0.3, 0.4) is 0 Å². The van der Waals surface area contributed by atoms with Crippen LogP contribution in [0.5, 0.6) is 0 Å². The molecule has 86 valence electrons. The molecule has 3 nitrogen and oxygen atoms in total. The maximum absolute atomic E-state index is 11.5. The minimum atomic E-state index is 0.233. The van der Waals surface area contributed by atoms with E-state index in [4.69, 9.17) is 0 Å². The van der Waals surface area contributed by atoms with Crippen molar-refractivity contribution in [1.82, 2.24) is 10.6 Å². The second-order valence-electron chi connectivity index (χ2n) is 5.42. The van der Waals surface area contributed by atoms with Crippen molar-refractivity contribution in [2.45, 2.75) is 51.5 Å². The summed E-state index contributed by atoms with van der Waals surface area (Å²) < 4.78 is 0. The maximum Gasteiger partial charge on any atom is 0.220 e. The minimum Gasteiger partial charge on any atom is -0.356 e. The highest BCUT2D eigenvalue weighted by Crippen LogP contribution is 2.43. The Morgan fingerprint density at radius 3 is 2.93 bits per heavy atom. The zero-order valence-electron chi connectivity index (χ0n) is 9.64. The molecule has 0 bridgehead atoms. The van der Waals surface area contributed by atoms with Crippen LogP contribution in [0.2, 0.25) is 0 Å². The second kappa shape index (κ2) is 4.52. The van der Waals surface area contributed by atoms with Gasteiger partial charge in [-0.2, -0.15) is 0 Å². The lowest BCUT2D eigenvalue weighted by atomic mass is 10.1. The third-order valence-electron chi connectivity index (χ3n) is 3.70. The molecule has 15 heavy (non-hydrogen) atoms. The normalized spacial score (nSPS) is 27.7. The van der Waals surface area contributed by atoms with E-state index in [1.807, 2.05) is 0 Å². The van der Waals surface area contributed by atoms with E-state index in [2.05, 4.69) is 17.6 Å². The van der Waals surface area contributed by atoms with Crippen LogP contribution >= 0.6 is 0 Å². The quantitative estimate of drug-likeness (QED) is 0.721. The molecule has 1 saturated heterocycles. The SMILES string of the molecule is CC1(CNC(=O)CCC2CCCN2)CC1. The number of carbonyl (C=O) groups is 1. The highest BCUT2D eigenvalue weighted by Gasteiger charge is 2.37. The lowest BCUT2D eigenvalue weighted by molar-refractivity contribution is -0.121. The number of rotatable bonds is 5. The Morgan fingerprint density at radius 1 is 1.53 bits per heavy atom. The predicted molar refractivity (Wildman–Crippen MR) is 60.6 cm³/mol. The van der Waals surface area contributed by atoms with Crippen molar-refractivity contribution in [2.24, 2.45) is 5.41 Å². The van der Waals surface area contributed by atoms with Gasteiger partial charge in [-0.1, -0.05) is 6.92 Å². The molecule has 2 aliphatic rings. The van der Waals surface area contributed by atoms with Crippen LogP contribution < -0.4 is 10.6 Å². The van der Waals surface area contributed by atoms with Crippen molar-refractivity contribution >= 4 is 5.91 Å². The van der Waals surface area contributed by atoms with Gasteiger partial charge >= 0.3 is 0 Å². The van der Waals surface area contributed by atoms with Crippen LogP contribution in [0.15, 0.2) is 0 Å². The topological polar surface area (TPSA) is 41.1 Å². The van der Waals surface area contributed by atoms with E-state index in [0.717, 1.165) is 19.5 Å². The predicted octanol–water partition coefficient (Wildman–Crippen LogP) is 1.43. The van der Waals surface area contributed by atoms with Gasteiger partial charge in [0.25, 0.3) is 0 Å². The summed E-state index contributed by atoms with van der Waals surface area (Å²) in [6.07, 6.45) is 6.75. The smallest absolute Gasteiger partial charge is 0.220 e. The van der Waals surface area contributed by atoms with Gasteiger partial charge in [0.05, 0.1) is 0 Å². The van der Waals surface area contributed by atoms with Gasteiger partial charge in [0.2, 0.25) is 5.91 Å². The summed E-state index contributed by atoms with van der Waals surface area (Å²) >= 11 is 0. The van der Waals surface area contributed by atoms with Gasteiger partial charge in [-0.25, -0.2) is 0 Å². The Hall–Kier alpha value is -0.570. The first-order valence-corrected chi connectivity index (χ1v) is 6.18. The Bertz CT molecular complexity index is 230. The molecule has 2 fully saturated rings. The van der Waals surface area contributed by atoms with Gasteiger partial charge in [-0.3, -0.25) is 4.79 Å².